The van der Waals surface area contributed by atoms with Crippen LogP contribution in [0.1, 0.15) is 18.9 Å². The first kappa shape index (κ1) is 18.9. The van der Waals surface area contributed by atoms with Crippen molar-refractivity contribution in [3.8, 4) is 11.5 Å². The zero-order valence-corrected chi connectivity index (χ0v) is 13.2. The van der Waals surface area contributed by atoms with Crippen LogP contribution in [0.3, 0.4) is 0 Å². The Labute approximate surface area is 133 Å². The number of ether oxygens (including phenoxy) is 1. The molecule has 0 atom stereocenters. The molecular weight excluding hydrogens is 311 g/mol. The second-order valence-electron chi connectivity index (χ2n) is 4.80. The molecule has 0 amide bonds. The Morgan fingerprint density at radius 2 is 2.04 bits per heavy atom. The number of guanidine groups is 1. The molecule has 8 heteroatoms. The maximum atomic E-state index is 12.1. The first-order valence-electron chi connectivity index (χ1n) is 7.30. The summed E-state index contributed by atoms with van der Waals surface area (Å²) in [5.74, 6) is 0.996. The first-order valence-corrected chi connectivity index (χ1v) is 7.30. The number of phenolic OH excluding ortho intramolecular Hbond substituents is 1. The first-order chi connectivity index (χ1) is 10.9. The quantitative estimate of drug-likeness (QED) is 0.530. The van der Waals surface area contributed by atoms with E-state index in [4.69, 9.17) is 4.74 Å². The molecule has 0 bridgehead atoms. The number of benzene rings is 1. The van der Waals surface area contributed by atoms with Crippen LogP contribution in [0.25, 0.3) is 0 Å². The molecule has 0 aliphatic rings. The molecule has 1 aromatic carbocycles. The van der Waals surface area contributed by atoms with Gasteiger partial charge in [0.05, 0.1) is 20.1 Å². The Kier molecular flexibility index (Phi) is 7.50. The lowest BCUT2D eigenvalue weighted by Gasteiger charge is -2.12. The van der Waals surface area contributed by atoms with Crippen molar-refractivity contribution in [3.63, 3.8) is 0 Å². The van der Waals surface area contributed by atoms with Crippen LogP contribution in [0.5, 0.6) is 11.5 Å². The smallest absolute Gasteiger partial charge is 0.390 e. The zero-order valence-electron chi connectivity index (χ0n) is 13.2. The van der Waals surface area contributed by atoms with Crippen LogP contribution in [0, 0.1) is 0 Å². The third-order valence-electron chi connectivity index (χ3n) is 2.99. The van der Waals surface area contributed by atoms with Gasteiger partial charge in [0.2, 0.25) is 0 Å². The minimum Gasteiger partial charge on any atom is -0.508 e. The van der Waals surface area contributed by atoms with Gasteiger partial charge in [-0.25, -0.2) is 0 Å². The number of aromatic hydroxyl groups is 1. The van der Waals surface area contributed by atoms with Gasteiger partial charge >= 0.3 is 6.18 Å². The van der Waals surface area contributed by atoms with Crippen molar-refractivity contribution in [1.29, 1.82) is 0 Å². The number of alkyl halides is 3. The lowest BCUT2D eigenvalue weighted by molar-refractivity contribution is -0.132. The van der Waals surface area contributed by atoms with Crippen molar-refractivity contribution < 1.29 is 23.0 Å². The summed E-state index contributed by atoms with van der Waals surface area (Å²) in [6.07, 6.45) is -4.67. The van der Waals surface area contributed by atoms with E-state index in [1.54, 1.807) is 12.1 Å². The Hall–Kier alpha value is -2.12. The van der Waals surface area contributed by atoms with Gasteiger partial charge in [0.1, 0.15) is 11.5 Å². The van der Waals surface area contributed by atoms with Crippen LogP contribution in [0.4, 0.5) is 13.2 Å². The summed E-state index contributed by atoms with van der Waals surface area (Å²) < 4.78 is 41.4. The number of nitrogens with one attached hydrogen (secondary N) is 2. The predicted molar refractivity (Wildman–Crippen MR) is 83.0 cm³/mol. The van der Waals surface area contributed by atoms with Crippen molar-refractivity contribution in [3.05, 3.63) is 23.8 Å². The van der Waals surface area contributed by atoms with E-state index in [1.165, 1.54) is 13.2 Å². The van der Waals surface area contributed by atoms with Crippen LogP contribution < -0.4 is 15.4 Å². The minimum atomic E-state index is -4.21. The van der Waals surface area contributed by atoms with Gasteiger partial charge in [-0.15, -0.1) is 0 Å². The van der Waals surface area contributed by atoms with Gasteiger partial charge in [0.25, 0.3) is 0 Å². The highest BCUT2D eigenvalue weighted by atomic mass is 19.4. The molecule has 3 N–H and O–H groups in total. The fourth-order valence-electron chi connectivity index (χ4n) is 1.83. The zero-order chi connectivity index (χ0) is 17.3. The lowest BCUT2D eigenvalue weighted by atomic mass is 10.1. The van der Waals surface area contributed by atoms with E-state index in [1.807, 2.05) is 6.92 Å². The SMILES string of the molecule is CCNC(=NCCC(F)(F)F)NCCc1ccc(OC)cc1O. The van der Waals surface area contributed by atoms with Crippen LogP contribution in [-0.2, 0) is 6.42 Å². The van der Waals surface area contributed by atoms with E-state index in [-0.39, 0.29) is 12.3 Å². The maximum absolute atomic E-state index is 12.1. The van der Waals surface area contributed by atoms with Crippen LogP contribution in [0.15, 0.2) is 23.2 Å². The van der Waals surface area contributed by atoms with Gasteiger partial charge < -0.3 is 20.5 Å². The molecule has 0 saturated carbocycles. The highest BCUT2D eigenvalue weighted by Gasteiger charge is 2.26. The van der Waals surface area contributed by atoms with E-state index in [0.717, 1.165) is 0 Å². The van der Waals surface area contributed by atoms with Gasteiger partial charge in [0.15, 0.2) is 5.96 Å². The minimum absolute atomic E-state index is 0.116. The molecule has 1 rings (SSSR count). The van der Waals surface area contributed by atoms with Crippen molar-refractivity contribution >= 4 is 5.96 Å². The van der Waals surface area contributed by atoms with Crippen molar-refractivity contribution in [2.45, 2.75) is 25.9 Å². The molecule has 0 radical (unpaired) electrons. The molecule has 0 aliphatic carbocycles. The number of hydrogen-bond donors (Lipinski definition) is 3. The van der Waals surface area contributed by atoms with Crippen LogP contribution in [-0.4, -0.2) is 44.0 Å². The third-order valence-corrected chi connectivity index (χ3v) is 2.99. The molecule has 0 fully saturated rings. The molecular formula is C15H22F3N3O2. The van der Waals surface area contributed by atoms with Gasteiger partial charge in [-0.05, 0) is 25.0 Å². The fraction of sp³-hybridized carbons (Fsp3) is 0.533. The van der Waals surface area contributed by atoms with Crippen LogP contribution in [0.2, 0.25) is 0 Å². The number of aliphatic imine (C=N–C) groups is 1. The number of phenols is 1. The summed E-state index contributed by atoms with van der Waals surface area (Å²) in [5, 5.41) is 15.7. The van der Waals surface area contributed by atoms with E-state index in [0.29, 0.717) is 36.8 Å². The molecule has 0 unspecified atom stereocenters. The fourth-order valence-corrected chi connectivity index (χ4v) is 1.83. The Morgan fingerprint density at radius 1 is 1.30 bits per heavy atom. The van der Waals surface area contributed by atoms with E-state index in [2.05, 4.69) is 15.6 Å². The average Bonchev–Trinajstić information content (AvgIpc) is 2.47. The van der Waals surface area contributed by atoms with E-state index >= 15 is 0 Å². The Morgan fingerprint density at radius 3 is 2.61 bits per heavy atom. The molecule has 130 valence electrons. The summed E-state index contributed by atoms with van der Waals surface area (Å²) in [4.78, 5) is 3.87. The molecule has 23 heavy (non-hydrogen) atoms. The summed E-state index contributed by atoms with van der Waals surface area (Å²) in [7, 11) is 1.51. The molecule has 5 nitrogen and oxygen atoms in total. The molecule has 0 aliphatic heterocycles. The summed E-state index contributed by atoms with van der Waals surface area (Å²) in [6.45, 7) is 2.48. The topological polar surface area (TPSA) is 65.9 Å². The third kappa shape index (κ3) is 7.62. The molecule has 0 spiro atoms. The van der Waals surface area contributed by atoms with Gasteiger partial charge in [-0.1, -0.05) is 6.07 Å². The molecule has 0 heterocycles. The van der Waals surface area contributed by atoms with E-state index < -0.39 is 12.6 Å². The largest absolute Gasteiger partial charge is 0.508 e. The predicted octanol–water partition coefficient (Wildman–Crippen LogP) is 2.45. The highest BCUT2D eigenvalue weighted by molar-refractivity contribution is 5.79. The number of halogens is 3. The molecule has 1 aromatic rings. The second kappa shape index (κ2) is 9.12. The summed E-state index contributed by atoms with van der Waals surface area (Å²) >= 11 is 0. The normalized spacial score (nSPS) is 12.1. The van der Waals surface area contributed by atoms with Crippen molar-refractivity contribution in [2.24, 2.45) is 4.99 Å². The van der Waals surface area contributed by atoms with Crippen LogP contribution >= 0.6 is 0 Å². The Bertz CT molecular complexity index is 519. The van der Waals surface area contributed by atoms with Crippen molar-refractivity contribution in [1.82, 2.24) is 10.6 Å². The number of rotatable bonds is 7. The standard InChI is InChI=1S/C15H22F3N3O2/c1-3-19-14(21-9-7-15(16,17)18)20-8-6-11-4-5-12(23-2)10-13(11)22/h4-5,10,22H,3,6-9H2,1-2H3,(H2,19,20,21). The monoisotopic (exact) mass is 333 g/mol. The summed E-state index contributed by atoms with van der Waals surface area (Å²) in [5.41, 5.74) is 0.712. The van der Waals surface area contributed by atoms with E-state index in [9.17, 15) is 18.3 Å². The van der Waals surface area contributed by atoms with Gasteiger partial charge in [-0.3, -0.25) is 4.99 Å². The maximum Gasteiger partial charge on any atom is 0.390 e. The van der Waals surface area contributed by atoms with Gasteiger partial charge in [-0.2, -0.15) is 13.2 Å². The number of nitrogens with zero attached hydrogens (tertiary/aromatic N) is 1. The number of hydrogen-bond acceptors (Lipinski definition) is 3. The van der Waals surface area contributed by atoms with Crippen molar-refractivity contribution in [2.75, 3.05) is 26.7 Å². The van der Waals surface area contributed by atoms with Gasteiger partial charge in [0, 0.05) is 19.2 Å². The highest BCUT2D eigenvalue weighted by Crippen LogP contribution is 2.23. The Balaban J connectivity index is 2.50. The summed E-state index contributed by atoms with van der Waals surface area (Å²) in [6, 6.07) is 4.99. The molecule has 0 aromatic heterocycles. The lowest BCUT2D eigenvalue weighted by Crippen LogP contribution is -2.38. The second-order valence-corrected chi connectivity index (χ2v) is 4.80. The molecule has 0 saturated heterocycles. The average molecular weight is 333 g/mol. The number of methoxy groups -OCH3 is 1.